The molecule has 4 nitrogen and oxygen atoms in total. The number of carbonyl (C=O) groups excluding carboxylic acids is 1. The summed E-state index contributed by atoms with van der Waals surface area (Å²) in [5.41, 5.74) is -0.516. The van der Waals surface area contributed by atoms with Gasteiger partial charge in [0, 0.05) is 17.2 Å². The molecule has 0 spiro atoms. The van der Waals surface area contributed by atoms with E-state index in [1.807, 2.05) is 0 Å². The van der Waals surface area contributed by atoms with Crippen molar-refractivity contribution in [2.45, 2.75) is 6.61 Å². The number of halogens is 3. The first-order valence-corrected chi connectivity index (χ1v) is 4.59. The van der Waals surface area contributed by atoms with Crippen LogP contribution in [0.4, 0.5) is 13.2 Å². The number of aliphatic carboxylic acids is 1. The molecule has 1 N–H and O–H groups in total. The highest BCUT2D eigenvalue weighted by molar-refractivity contribution is 5.90. The normalized spacial score (nSPS) is 10.9. The molecule has 0 unspecified atom stereocenters. The number of hydrogen-bond acceptors (Lipinski definition) is 3. The second kappa shape index (κ2) is 5.85. The number of hydrogen-bond donors (Lipinski definition) is 1. The zero-order valence-electron chi connectivity index (χ0n) is 8.77. The lowest BCUT2D eigenvalue weighted by Gasteiger charge is -2.10. The zero-order valence-corrected chi connectivity index (χ0v) is 8.77. The van der Waals surface area contributed by atoms with Gasteiger partial charge < -0.3 is 9.84 Å². The Balaban J connectivity index is 3.35. The van der Waals surface area contributed by atoms with Crippen LogP contribution in [0.3, 0.4) is 0 Å². The molecule has 1 rings (SSSR count). The summed E-state index contributed by atoms with van der Waals surface area (Å²) in [7, 11) is 0. The van der Waals surface area contributed by atoms with E-state index in [4.69, 9.17) is 5.11 Å². The summed E-state index contributed by atoms with van der Waals surface area (Å²) in [5, 5.41) is 8.42. The van der Waals surface area contributed by atoms with Crippen LogP contribution in [0.2, 0.25) is 0 Å². The number of ether oxygens (including phenoxy) is 1. The van der Waals surface area contributed by atoms with Crippen LogP contribution in [0.15, 0.2) is 18.2 Å². The highest BCUT2D eigenvalue weighted by atomic mass is 19.3. The van der Waals surface area contributed by atoms with Gasteiger partial charge in [-0.25, -0.2) is 9.18 Å². The van der Waals surface area contributed by atoms with Crippen LogP contribution in [0.5, 0.6) is 5.75 Å². The number of aldehydes is 1. The topological polar surface area (TPSA) is 63.6 Å². The minimum atomic E-state index is -3.29. The Kier molecular flexibility index (Phi) is 4.47. The van der Waals surface area contributed by atoms with E-state index in [1.54, 1.807) is 0 Å². The van der Waals surface area contributed by atoms with Gasteiger partial charge in [0.2, 0.25) is 0 Å². The Morgan fingerprint density at radius 1 is 1.39 bits per heavy atom. The average Bonchev–Trinajstić information content (AvgIpc) is 2.29. The van der Waals surface area contributed by atoms with Gasteiger partial charge in [0.15, 0.2) is 17.9 Å². The van der Waals surface area contributed by atoms with Crippen molar-refractivity contribution in [2.75, 3.05) is 0 Å². The predicted octanol–water partition coefficient (Wildman–Crippen LogP) is 2.34. The number of carbonyl (C=O) groups is 2. The van der Waals surface area contributed by atoms with Crippen molar-refractivity contribution in [1.29, 1.82) is 0 Å². The molecule has 0 amide bonds. The Labute approximate surface area is 99.3 Å². The van der Waals surface area contributed by atoms with Crippen LogP contribution in [0.25, 0.3) is 6.08 Å². The fraction of sp³-hybridized carbons (Fsp3) is 0.0909. The standard InChI is InChI=1S/C11H7F3O4/c12-8-3-1-6(5-15)7(2-4-9(16)17)10(8)18-11(13)14/h1-5,11H,(H,16,17)/b4-2+. The van der Waals surface area contributed by atoms with Crippen LogP contribution < -0.4 is 4.74 Å². The molecule has 1 aromatic carbocycles. The first kappa shape index (κ1) is 13.8. The molecular formula is C11H7F3O4. The second-order valence-electron chi connectivity index (χ2n) is 3.05. The summed E-state index contributed by atoms with van der Waals surface area (Å²) in [4.78, 5) is 21.0. The Morgan fingerprint density at radius 3 is 2.56 bits per heavy atom. The van der Waals surface area contributed by atoms with E-state index >= 15 is 0 Å². The van der Waals surface area contributed by atoms with Gasteiger partial charge in [-0.3, -0.25) is 4.79 Å². The number of carboxylic acid groups (broad SMARTS) is 1. The van der Waals surface area contributed by atoms with Gasteiger partial charge in [-0.15, -0.1) is 0 Å². The number of rotatable bonds is 5. The molecule has 0 saturated heterocycles. The maximum Gasteiger partial charge on any atom is 0.387 e. The van der Waals surface area contributed by atoms with Crippen molar-refractivity contribution in [3.8, 4) is 5.75 Å². The summed E-state index contributed by atoms with van der Waals surface area (Å²) in [6, 6.07) is 1.81. The fourth-order valence-corrected chi connectivity index (χ4v) is 1.23. The molecule has 18 heavy (non-hydrogen) atoms. The van der Waals surface area contributed by atoms with Crippen molar-refractivity contribution in [3.63, 3.8) is 0 Å². The van der Waals surface area contributed by atoms with Crippen LogP contribution in [0.1, 0.15) is 15.9 Å². The van der Waals surface area contributed by atoms with Gasteiger partial charge in [-0.2, -0.15) is 8.78 Å². The van der Waals surface area contributed by atoms with E-state index < -0.39 is 24.1 Å². The lowest BCUT2D eigenvalue weighted by atomic mass is 10.1. The second-order valence-corrected chi connectivity index (χ2v) is 3.05. The van der Waals surface area contributed by atoms with Crippen molar-refractivity contribution in [2.24, 2.45) is 0 Å². The van der Waals surface area contributed by atoms with Gasteiger partial charge in [0.05, 0.1) is 0 Å². The number of benzene rings is 1. The summed E-state index contributed by atoms with van der Waals surface area (Å²) in [6.45, 7) is -3.29. The van der Waals surface area contributed by atoms with E-state index in [2.05, 4.69) is 4.74 Å². The smallest absolute Gasteiger partial charge is 0.387 e. The molecule has 0 aromatic heterocycles. The molecular weight excluding hydrogens is 253 g/mol. The zero-order chi connectivity index (χ0) is 13.7. The third-order valence-corrected chi connectivity index (χ3v) is 1.91. The van der Waals surface area contributed by atoms with Gasteiger partial charge in [0.25, 0.3) is 0 Å². The molecule has 7 heteroatoms. The van der Waals surface area contributed by atoms with Crippen molar-refractivity contribution in [1.82, 2.24) is 0 Å². The molecule has 0 bridgehead atoms. The third kappa shape index (κ3) is 3.34. The molecule has 96 valence electrons. The van der Waals surface area contributed by atoms with Crippen molar-refractivity contribution < 1.29 is 32.6 Å². The quantitative estimate of drug-likeness (QED) is 0.652. The molecule has 1 aromatic rings. The largest absolute Gasteiger partial charge is 0.478 e. The van der Waals surface area contributed by atoms with Gasteiger partial charge in [-0.05, 0) is 18.2 Å². The lowest BCUT2D eigenvalue weighted by molar-refractivity contribution is -0.131. The molecule has 0 radical (unpaired) electrons. The Hall–Kier alpha value is -2.31. The van der Waals surface area contributed by atoms with Crippen LogP contribution in [-0.2, 0) is 4.79 Å². The predicted molar refractivity (Wildman–Crippen MR) is 55.1 cm³/mol. The molecule has 0 saturated carbocycles. The van der Waals surface area contributed by atoms with Gasteiger partial charge in [0.1, 0.15) is 0 Å². The van der Waals surface area contributed by atoms with E-state index in [1.165, 1.54) is 0 Å². The minimum Gasteiger partial charge on any atom is -0.478 e. The summed E-state index contributed by atoms with van der Waals surface area (Å²) in [6.07, 6.45) is 1.67. The van der Waals surface area contributed by atoms with Crippen LogP contribution >= 0.6 is 0 Å². The fourth-order valence-electron chi connectivity index (χ4n) is 1.23. The number of alkyl halides is 2. The monoisotopic (exact) mass is 260 g/mol. The summed E-state index contributed by atoms with van der Waals surface area (Å²) in [5.74, 6) is -3.36. The Morgan fingerprint density at radius 2 is 2.06 bits per heavy atom. The van der Waals surface area contributed by atoms with E-state index in [0.29, 0.717) is 6.08 Å². The minimum absolute atomic E-state index is 0.162. The van der Waals surface area contributed by atoms with E-state index in [-0.39, 0.29) is 17.4 Å². The molecule has 0 aliphatic carbocycles. The molecule has 0 aliphatic rings. The molecule has 0 heterocycles. The highest BCUT2D eigenvalue weighted by Gasteiger charge is 2.16. The average molecular weight is 260 g/mol. The van der Waals surface area contributed by atoms with E-state index in [9.17, 15) is 22.8 Å². The Bertz CT molecular complexity index is 497. The molecule has 0 aliphatic heterocycles. The molecule has 0 atom stereocenters. The number of carboxylic acids is 1. The van der Waals surface area contributed by atoms with Gasteiger partial charge in [-0.1, -0.05) is 0 Å². The van der Waals surface area contributed by atoms with Gasteiger partial charge >= 0.3 is 12.6 Å². The van der Waals surface area contributed by atoms with Crippen molar-refractivity contribution in [3.05, 3.63) is 35.2 Å². The molecule has 0 fully saturated rings. The maximum atomic E-state index is 13.3. The van der Waals surface area contributed by atoms with Crippen molar-refractivity contribution >= 4 is 18.3 Å². The first-order valence-electron chi connectivity index (χ1n) is 4.59. The summed E-state index contributed by atoms with van der Waals surface area (Å²) < 4.78 is 41.4. The highest BCUT2D eigenvalue weighted by Crippen LogP contribution is 2.28. The van der Waals surface area contributed by atoms with Crippen LogP contribution in [-0.4, -0.2) is 24.0 Å². The first-order chi connectivity index (χ1) is 8.45. The maximum absolute atomic E-state index is 13.3. The summed E-state index contributed by atoms with van der Waals surface area (Å²) >= 11 is 0. The lowest BCUT2D eigenvalue weighted by Crippen LogP contribution is -2.07. The third-order valence-electron chi connectivity index (χ3n) is 1.91. The SMILES string of the molecule is O=Cc1ccc(F)c(OC(F)F)c1/C=C/C(=O)O. The van der Waals surface area contributed by atoms with Crippen LogP contribution in [0, 0.1) is 5.82 Å². The van der Waals surface area contributed by atoms with E-state index in [0.717, 1.165) is 18.2 Å².